The third-order valence-corrected chi connectivity index (χ3v) is 3.95. The second-order valence-electron chi connectivity index (χ2n) is 4.65. The molecule has 2 aromatic carbocycles. The van der Waals surface area contributed by atoms with Gasteiger partial charge in [-0.15, -0.1) is 0 Å². The Balaban J connectivity index is 1.84. The Labute approximate surface area is 137 Å². The lowest BCUT2D eigenvalue weighted by Gasteiger charge is -2.10. The van der Waals surface area contributed by atoms with Crippen molar-refractivity contribution in [2.24, 2.45) is 0 Å². The quantitative estimate of drug-likeness (QED) is 0.793. The minimum absolute atomic E-state index is 0.0390. The van der Waals surface area contributed by atoms with E-state index in [2.05, 4.69) is 26.6 Å². The minimum atomic E-state index is -0.0390. The van der Waals surface area contributed by atoms with E-state index in [0.29, 0.717) is 18.0 Å². The summed E-state index contributed by atoms with van der Waals surface area (Å²) in [6.45, 7) is 2.46. The van der Waals surface area contributed by atoms with E-state index in [4.69, 9.17) is 11.6 Å². The fraction of sp³-hybridized carbons (Fsp3) is 0.188. The molecule has 0 aliphatic rings. The molecule has 0 saturated carbocycles. The van der Waals surface area contributed by atoms with E-state index in [9.17, 15) is 4.79 Å². The van der Waals surface area contributed by atoms with Crippen molar-refractivity contribution >= 4 is 44.8 Å². The Kier molecular flexibility index (Phi) is 5.65. The minimum Gasteiger partial charge on any atom is -0.384 e. The third kappa shape index (κ3) is 4.76. The molecule has 0 aliphatic heterocycles. The van der Waals surface area contributed by atoms with Gasteiger partial charge in [0.05, 0.1) is 0 Å². The van der Waals surface area contributed by atoms with Crippen LogP contribution in [0.1, 0.15) is 12.0 Å². The second-order valence-corrected chi connectivity index (χ2v) is 5.97. The maximum absolute atomic E-state index is 11.9. The first-order valence-electron chi connectivity index (χ1n) is 6.60. The second kappa shape index (κ2) is 7.48. The number of benzene rings is 2. The highest BCUT2D eigenvalue weighted by Crippen LogP contribution is 2.23. The molecule has 0 atom stereocenters. The average Bonchev–Trinajstić information content (AvgIpc) is 2.44. The molecule has 0 aliphatic carbocycles. The van der Waals surface area contributed by atoms with Gasteiger partial charge >= 0.3 is 0 Å². The maximum Gasteiger partial charge on any atom is 0.226 e. The van der Waals surface area contributed by atoms with Crippen LogP contribution in [0, 0.1) is 6.92 Å². The van der Waals surface area contributed by atoms with Gasteiger partial charge in [-0.2, -0.15) is 0 Å². The van der Waals surface area contributed by atoms with Gasteiger partial charge < -0.3 is 10.6 Å². The SMILES string of the molecule is Cc1c(Cl)cccc1NC(=O)CCNc1cccc(Br)c1. The highest BCUT2D eigenvalue weighted by molar-refractivity contribution is 9.10. The van der Waals surface area contributed by atoms with Crippen LogP contribution in [0.25, 0.3) is 0 Å². The molecule has 21 heavy (non-hydrogen) atoms. The largest absolute Gasteiger partial charge is 0.384 e. The number of carbonyl (C=O) groups excluding carboxylic acids is 1. The molecule has 0 radical (unpaired) electrons. The van der Waals surface area contributed by atoms with Crippen LogP contribution < -0.4 is 10.6 Å². The van der Waals surface area contributed by atoms with Crippen LogP contribution in [-0.4, -0.2) is 12.5 Å². The molecule has 2 rings (SSSR count). The van der Waals surface area contributed by atoms with Gasteiger partial charge in [0.2, 0.25) is 5.91 Å². The number of anilines is 2. The van der Waals surface area contributed by atoms with Crippen molar-refractivity contribution < 1.29 is 4.79 Å². The molecular formula is C16H16BrClN2O. The lowest BCUT2D eigenvalue weighted by atomic mass is 10.2. The summed E-state index contributed by atoms with van der Waals surface area (Å²) in [6.07, 6.45) is 0.387. The van der Waals surface area contributed by atoms with E-state index < -0.39 is 0 Å². The molecule has 0 heterocycles. The highest BCUT2D eigenvalue weighted by Gasteiger charge is 2.06. The summed E-state index contributed by atoms with van der Waals surface area (Å²) in [5, 5.41) is 6.74. The Morgan fingerprint density at radius 2 is 2.00 bits per heavy atom. The topological polar surface area (TPSA) is 41.1 Å². The van der Waals surface area contributed by atoms with Crippen molar-refractivity contribution in [1.82, 2.24) is 0 Å². The lowest BCUT2D eigenvalue weighted by Crippen LogP contribution is -2.16. The summed E-state index contributed by atoms with van der Waals surface area (Å²) in [4.78, 5) is 11.9. The molecule has 0 unspecified atom stereocenters. The molecule has 3 nitrogen and oxygen atoms in total. The number of amides is 1. The lowest BCUT2D eigenvalue weighted by molar-refractivity contribution is -0.115. The molecule has 0 fully saturated rings. The molecule has 5 heteroatoms. The van der Waals surface area contributed by atoms with E-state index >= 15 is 0 Å². The van der Waals surface area contributed by atoms with Crippen molar-refractivity contribution in [2.45, 2.75) is 13.3 Å². The van der Waals surface area contributed by atoms with Gasteiger partial charge in [-0.1, -0.05) is 39.7 Å². The molecule has 2 aromatic rings. The maximum atomic E-state index is 11.9. The summed E-state index contributed by atoms with van der Waals surface area (Å²) in [5.74, 6) is -0.0390. The fourth-order valence-corrected chi connectivity index (χ4v) is 2.45. The smallest absolute Gasteiger partial charge is 0.226 e. The normalized spacial score (nSPS) is 10.2. The molecule has 110 valence electrons. The number of carbonyl (C=O) groups is 1. The molecule has 0 spiro atoms. The van der Waals surface area contributed by atoms with Crippen LogP contribution in [-0.2, 0) is 4.79 Å². The van der Waals surface area contributed by atoms with Crippen LogP contribution in [0.3, 0.4) is 0 Å². The van der Waals surface area contributed by atoms with Crippen molar-refractivity contribution in [3.8, 4) is 0 Å². The third-order valence-electron chi connectivity index (χ3n) is 3.05. The molecule has 0 aromatic heterocycles. The van der Waals surface area contributed by atoms with Crippen LogP contribution >= 0.6 is 27.5 Å². The standard InChI is InChI=1S/C16H16BrClN2O/c1-11-14(18)6-3-7-15(11)20-16(21)8-9-19-13-5-2-4-12(17)10-13/h2-7,10,19H,8-9H2,1H3,(H,20,21). The Bertz CT molecular complexity index is 646. The highest BCUT2D eigenvalue weighted by atomic mass is 79.9. The Hall–Kier alpha value is -1.52. The van der Waals surface area contributed by atoms with Crippen molar-refractivity contribution in [1.29, 1.82) is 0 Å². The van der Waals surface area contributed by atoms with Gasteiger partial charge in [-0.25, -0.2) is 0 Å². The summed E-state index contributed by atoms with van der Waals surface area (Å²) in [5.41, 5.74) is 2.62. The van der Waals surface area contributed by atoms with E-state index in [0.717, 1.165) is 21.4 Å². The van der Waals surface area contributed by atoms with Gasteiger partial charge in [0, 0.05) is 33.8 Å². The number of halogens is 2. The molecular weight excluding hydrogens is 352 g/mol. The van der Waals surface area contributed by atoms with Crippen LogP contribution in [0.4, 0.5) is 11.4 Å². The molecule has 1 amide bonds. The van der Waals surface area contributed by atoms with E-state index in [1.165, 1.54) is 0 Å². The van der Waals surface area contributed by atoms with E-state index in [-0.39, 0.29) is 5.91 Å². The first kappa shape index (κ1) is 15.9. The van der Waals surface area contributed by atoms with Crippen molar-refractivity contribution in [3.63, 3.8) is 0 Å². The predicted molar refractivity (Wildman–Crippen MR) is 92.1 cm³/mol. The zero-order valence-electron chi connectivity index (χ0n) is 11.6. The van der Waals surface area contributed by atoms with Crippen LogP contribution in [0.2, 0.25) is 5.02 Å². The van der Waals surface area contributed by atoms with Crippen molar-refractivity contribution in [3.05, 3.63) is 57.5 Å². The molecule has 0 bridgehead atoms. The van der Waals surface area contributed by atoms with Gasteiger partial charge in [-0.3, -0.25) is 4.79 Å². The Morgan fingerprint density at radius 3 is 2.76 bits per heavy atom. The van der Waals surface area contributed by atoms with Gasteiger partial charge in [0.1, 0.15) is 0 Å². The first-order valence-corrected chi connectivity index (χ1v) is 7.78. The van der Waals surface area contributed by atoms with Gasteiger partial charge in [0.15, 0.2) is 0 Å². The van der Waals surface area contributed by atoms with E-state index in [1.807, 2.05) is 43.3 Å². The number of hydrogen-bond acceptors (Lipinski definition) is 2. The van der Waals surface area contributed by atoms with E-state index in [1.54, 1.807) is 6.07 Å². The summed E-state index contributed by atoms with van der Waals surface area (Å²) in [6, 6.07) is 13.3. The Morgan fingerprint density at radius 1 is 1.24 bits per heavy atom. The zero-order chi connectivity index (χ0) is 15.2. The van der Waals surface area contributed by atoms with Gasteiger partial charge in [-0.05, 0) is 42.8 Å². The monoisotopic (exact) mass is 366 g/mol. The van der Waals surface area contributed by atoms with Crippen LogP contribution in [0.5, 0.6) is 0 Å². The fourth-order valence-electron chi connectivity index (χ4n) is 1.87. The van der Waals surface area contributed by atoms with Crippen molar-refractivity contribution in [2.75, 3.05) is 17.2 Å². The summed E-state index contributed by atoms with van der Waals surface area (Å²) < 4.78 is 1.01. The molecule has 0 saturated heterocycles. The molecule has 2 N–H and O–H groups in total. The van der Waals surface area contributed by atoms with Gasteiger partial charge in [0.25, 0.3) is 0 Å². The summed E-state index contributed by atoms with van der Waals surface area (Å²) in [7, 11) is 0. The summed E-state index contributed by atoms with van der Waals surface area (Å²) >= 11 is 9.44. The first-order chi connectivity index (χ1) is 10.1. The number of hydrogen-bond donors (Lipinski definition) is 2. The van der Waals surface area contributed by atoms with Crippen LogP contribution in [0.15, 0.2) is 46.9 Å². The zero-order valence-corrected chi connectivity index (χ0v) is 14.0. The number of nitrogens with one attached hydrogen (secondary N) is 2. The number of rotatable bonds is 5. The average molecular weight is 368 g/mol. The predicted octanol–water partition coefficient (Wildman–Crippen LogP) is 4.85.